The van der Waals surface area contributed by atoms with E-state index in [1.165, 1.54) is 41.7 Å². The second-order valence-corrected chi connectivity index (χ2v) is 8.40. The van der Waals surface area contributed by atoms with Gasteiger partial charge < -0.3 is 5.32 Å². The summed E-state index contributed by atoms with van der Waals surface area (Å²) in [5.74, 6) is -1.42. The van der Waals surface area contributed by atoms with Crippen molar-refractivity contribution >= 4 is 33.4 Å². The highest BCUT2D eigenvalue weighted by Crippen LogP contribution is 2.29. The van der Waals surface area contributed by atoms with Gasteiger partial charge in [0.15, 0.2) is 0 Å². The number of nitrogens with zero attached hydrogens (tertiary/aromatic N) is 2. The molecule has 0 bridgehead atoms. The largest absolute Gasteiger partial charge is 0.321 e. The molecule has 0 aromatic heterocycles. The zero-order chi connectivity index (χ0) is 21.3. The van der Waals surface area contributed by atoms with E-state index in [1.807, 2.05) is 0 Å². The van der Waals surface area contributed by atoms with Crippen LogP contribution in [0, 0.1) is 0 Å². The topological polar surface area (TPSA) is 104 Å². The number of imide groups is 1. The van der Waals surface area contributed by atoms with Crippen LogP contribution < -0.4 is 5.32 Å². The number of carbonyl (C=O) groups excluding carboxylic acids is 3. The molecule has 2 aromatic rings. The third-order valence-electron chi connectivity index (χ3n) is 4.83. The van der Waals surface area contributed by atoms with E-state index in [0.717, 1.165) is 4.90 Å². The van der Waals surface area contributed by atoms with Gasteiger partial charge in [-0.15, -0.1) is 0 Å². The van der Waals surface area contributed by atoms with E-state index >= 15 is 0 Å². The Morgan fingerprint density at radius 3 is 2.21 bits per heavy atom. The number of fused-ring (bicyclic) bond motifs is 1. The van der Waals surface area contributed by atoms with E-state index < -0.39 is 27.7 Å². The summed E-state index contributed by atoms with van der Waals surface area (Å²) in [5, 5.41) is 2.63. The summed E-state index contributed by atoms with van der Waals surface area (Å²) >= 11 is 0. The number of anilines is 1. The Balaban J connectivity index is 1.86. The molecule has 3 amide bonds. The van der Waals surface area contributed by atoms with Crippen LogP contribution in [-0.4, -0.2) is 55.5 Å². The van der Waals surface area contributed by atoms with E-state index in [2.05, 4.69) is 5.32 Å². The first-order valence-corrected chi connectivity index (χ1v) is 10.5. The SMILES string of the molecule is CCN(CC)S(=O)(=O)c1ccc(C(=O)Nc2cccc3c2C(=O)N(C)C3=O)cc1. The zero-order valence-corrected chi connectivity index (χ0v) is 17.1. The quantitative estimate of drug-likeness (QED) is 0.729. The molecular weight excluding hydrogens is 394 g/mol. The van der Waals surface area contributed by atoms with Crippen LogP contribution in [0.4, 0.5) is 5.69 Å². The molecule has 0 saturated heterocycles. The molecule has 1 aliphatic heterocycles. The minimum Gasteiger partial charge on any atom is -0.321 e. The van der Waals surface area contributed by atoms with Gasteiger partial charge in [-0.25, -0.2) is 8.42 Å². The number of sulfonamides is 1. The van der Waals surface area contributed by atoms with Gasteiger partial charge in [0, 0.05) is 25.7 Å². The minimum atomic E-state index is -3.62. The lowest BCUT2D eigenvalue weighted by molar-refractivity contribution is 0.0693. The maximum absolute atomic E-state index is 12.6. The number of nitrogens with one attached hydrogen (secondary N) is 1. The van der Waals surface area contributed by atoms with Crippen LogP contribution in [0.3, 0.4) is 0 Å². The van der Waals surface area contributed by atoms with Crippen LogP contribution in [0.15, 0.2) is 47.4 Å². The van der Waals surface area contributed by atoms with Crippen LogP contribution in [0.2, 0.25) is 0 Å². The predicted octanol–water partition coefficient (Wildman–Crippen LogP) is 2.20. The zero-order valence-electron chi connectivity index (χ0n) is 16.3. The molecule has 3 rings (SSSR count). The molecule has 2 aromatic carbocycles. The van der Waals surface area contributed by atoms with Crippen LogP contribution in [0.25, 0.3) is 0 Å². The van der Waals surface area contributed by atoms with Crippen molar-refractivity contribution in [2.75, 3.05) is 25.5 Å². The van der Waals surface area contributed by atoms with Crippen molar-refractivity contribution in [2.24, 2.45) is 0 Å². The maximum atomic E-state index is 12.6. The van der Waals surface area contributed by atoms with E-state index in [9.17, 15) is 22.8 Å². The van der Waals surface area contributed by atoms with Crippen molar-refractivity contribution in [3.63, 3.8) is 0 Å². The van der Waals surface area contributed by atoms with Crippen molar-refractivity contribution in [3.05, 3.63) is 59.2 Å². The Morgan fingerprint density at radius 2 is 1.62 bits per heavy atom. The summed E-state index contributed by atoms with van der Waals surface area (Å²) in [6, 6.07) is 10.2. The molecule has 9 heteroatoms. The Kier molecular flexibility index (Phi) is 5.54. The minimum absolute atomic E-state index is 0.0979. The molecule has 0 atom stereocenters. The average molecular weight is 415 g/mol. The van der Waals surface area contributed by atoms with Crippen molar-refractivity contribution in [2.45, 2.75) is 18.7 Å². The van der Waals surface area contributed by atoms with Crippen LogP contribution in [0.5, 0.6) is 0 Å². The lowest BCUT2D eigenvalue weighted by atomic mass is 10.1. The van der Waals surface area contributed by atoms with Gasteiger partial charge in [0.25, 0.3) is 17.7 Å². The number of amides is 3. The standard InChI is InChI=1S/C20H21N3O5S/c1-4-23(5-2)29(27,28)14-11-9-13(10-12-14)18(24)21-16-8-6-7-15-17(16)20(26)22(3)19(15)25/h6-12H,4-5H2,1-3H3,(H,21,24). The molecule has 1 aliphatic rings. The maximum Gasteiger partial charge on any atom is 0.263 e. The third kappa shape index (κ3) is 3.54. The van der Waals surface area contributed by atoms with Gasteiger partial charge in [-0.2, -0.15) is 4.31 Å². The summed E-state index contributed by atoms with van der Waals surface area (Å²) in [6.45, 7) is 4.21. The number of benzene rings is 2. The van der Waals surface area contributed by atoms with E-state index in [0.29, 0.717) is 13.1 Å². The van der Waals surface area contributed by atoms with Gasteiger partial charge in [-0.05, 0) is 36.4 Å². The first kappa shape index (κ1) is 20.7. The molecule has 152 valence electrons. The number of carbonyl (C=O) groups is 3. The third-order valence-corrected chi connectivity index (χ3v) is 6.89. The van der Waals surface area contributed by atoms with Crippen molar-refractivity contribution in [3.8, 4) is 0 Å². The number of hydrogen-bond acceptors (Lipinski definition) is 5. The Labute approximate surface area is 169 Å². The fourth-order valence-corrected chi connectivity index (χ4v) is 4.65. The van der Waals surface area contributed by atoms with Gasteiger partial charge >= 0.3 is 0 Å². The summed E-state index contributed by atoms with van der Waals surface area (Å²) in [6.07, 6.45) is 0. The second-order valence-electron chi connectivity index (χ2n) is 6.47. The highest BCUT2D eigenvalue weighted by molar-refractivity contribution is 7.89. The smallest absolute Gasteiger partial charge is 0.263 e. The van der Waals surface area contributed by atoms with E-state index in [4.69, 9.17) is 0 Å². The summed E-state index contributed by atoms with van der Waals surface area (Å²) in [7, 11) is -2.24. The molecule has 0 spiro atoms. The van der Waals surface area contributed by atoms with Gasteiger partial charge in [0.2, 0.25) is 10.0 Å². The highest BCUT2D eigenvalue weighted by atomic mass is 32.2. The summed E-state index contributed by atoms with van der Waals surface area (Å²) in [4.78, 5) is 38.1. The predicted molar refractivity (Wildman–Crippen MR) is 107 cm³/mol. The molecule has 1 N–H and O–H groups in total. The second kappa shape index (κ2) is 7.76. The van der Waals surface area contributed by atoms with Crippen molar-refractivity contribution < 1.29 is 22.8 Å². The molecule has 0 aliphatic carbocycles. The van der Waals surface area contributed by atoms with Gasteiger partial charge in [0.1, 0.15) is 0 Å². The molecule has 0 radical (unpaired) electrons. The van der Waals surface area contributed by atoms with Crippen LogP contribution in [0.1, 0.15) is 44.9 Å². The average Bonchev–Trinajstić information content (AvgIpc) is 2.94. The Morgan fingerprint density at radius 1 is 1.00 bits per heavy atom. The Bertz CT molecular complexity index is 1090. The lowest BCUT2D eigenvalue weighted by Gasteiger charge is -2.18. The fraction of sp³-hybridized carbons (Fsp3) is 0.250. The van der Waals surface area contributed by atoms with Gasteiger partial charge in [-0.3, -0.25) is 19.3 Å². The molecular formula is C20H21N3O5S. The van der Waals surface area contributed by atoms with E-state index in [1.54, 1.807) is 26.0 Å². The molecule has 0 fully saturated rings. The first-order valence-electron chi connectivity index (χ1n) is 9.09. The van der Waals surface area contributed by atoms with Crippen LogP contribution in [-0.2, 0) is 10.0 Å². The normalized spacial score (nSPS) is 13.7. The molecule has 0 saturated carbocycles. The molecule has 0 unspecified atom stereocenters. The molecule has 1 heterocycles. The highest BCUT2D eigenvalue weighted by Gasteiger charge is 2.35. The molecule has 8 nitrogen and oxygen atoms in total. The van der Waals surface area contributed by atoms with Crippen molar-refractivity contribution in [1.82, 2.24) is 9.21 Å². The number of rotatable bonds is 6. The summed E-state index contributed by atoms with van der Waals surface area (Å²) < 4.78 is 26.4. The van der Waals surface area contributed by atoms with E-state index in [-0.39, 0.29) is 27.3 Å². The number of hydrogen-bond donors (Lipinski definition) is 1. The van der Waals surface area contributed by atoms with Gasteiger partial charge in [0.05, 0.1) is 21.7 Å². The lowest BCUT2D eigenvalue weighted by Crippen LogP contribution is -2.30. The first-order chi connectivity index (χ1) is 13.7. The fourth-order valence-electron chi connectivity index (χ4n) is 3.19. The van der Waals surface area contributed by atoms with Crippen molar-refractivity contribution in [1.29, 1.82) is 0 Å². The Hall–Kier alpha value is -3.04. The monoisotopic (exact) mass is 415 g/mol. The van der Waals surface area contributed by atoms with Gasteiger partial charge in [-0.1, -0.05) is 19.9 Å². The molecule has 29 heavy (non-hydrogen) atoms. The van der Waals surface area contributed by atoms with Crippen LogP contribution >= 0.6 is 0 Å². The summed E-state index contributed by atoms with van der Waals surface area (Å²) in [5.41, 5.74) is 0.839.